The molecular weight excluding hydrogens is 308 g/mol. The van der Waals surface area contributed by atoms with E-state index < -0.39 is 6.10 Å². The summed E-state index contributed by atoms with van der Waals surface area (Å²) in [6.45, 7) is 6.21. The van der Waals surface area contributed by atoms with Crippen LogP contribution in [0.3, 0.4) is 0 Å². The van der Waals surface area contributed by atoms with E-state index in [1.165, 1.54) is 4.88 Å². The zero-order chi connectivity index (χ0) is 13.3. The van der Waals surface area contributed by atoms with Gasteiger partial charge >= 0.3 is 0 Å². The van der Waals surface area contributed by atoms with E-state index in [4.69, 9.17) is 0 Å². The summed E-state index contributed by atoms with van der Waals surface area (Å²) in [5.74, 6) is 0. The first kappa shape index (κ1) is 13.8. The number of aliphatic hydroxyl groups excluding tert-OH is 1. The monoisotopic (exact) mass is 324 g/mol. The van der Waals surface area contributed by atoms with Gasteiger partial charge in [0.25, 0.3) is 0 Å². The van der Waals surface area contributed by atoms with Gasteiger partial charge in [0.05, 0.1) is 6.10 Å². The fraction of sp³-hybridized carbons (Fsp3) is 0.333. The molecular formula is C15H17BrOS. The van der Waals surface area contributed by atoms with E-state index in [1.54, 1.807) is 11.3 Å². The Morgan fingerprint density at radius 2 is 1.83 bits per heavy atom. The van der Waals surface area contributed by atoms with Crippen molar-refractivity contribution in [2.45, 2.75) is 32.3 Å². The molecule has 0 saturated heterocycles. The third-order valence-corrected chi connectivity index (χ3v) is 5.54. The summed E-state index contributed by atoms with van der Waals surface area (Å²) in [5, 5.41) is 10.6. The third-order valence-electron chi connectivity index (χ3n) is 3.35. The molecule has 96 valence electrons. The highest BCUT2D eigenvalue weighted by atomic mass is 79.9. The Labute approximate surface area is 121 Å². The van der Waals surface area contributed by atoms with Crippen molar-refractivity contribution in [3.05, 3.63) is 56.2 Å². The van der Waals surface area contributed by atoms with Crippen LogP contribution in [0.1, 0.15) is 35.3 Å². The van der Waals surface area contributed by atoms with Crippen LogP contribution in [0.25, 0.3) is 0 Å². The molecule has 0 spiro atoms. The van der Waals surface area contributed by atoms with E-state index in [9.17, 15) is 5.11 Å². The molecule has 1 atom stereocenters. The first-order valence-electron chi connectivity index (χ1n) is 5.92. The minimum atomic E-state index is -0.491. The van der Waals surface area contributed by atoms with Crippen molar-refractivity contribution in [1.82, 2.24) is 0 Å². The number of hydrogen-bond donors (Lipinski definition) is 1. The zero-order valence-corrected chi connectivity index (χ0v) is 13.2. The standard InChI is InChI=1S/C15H17BrOS/c1-10-12(16)9-13(18-10)14(17)15(2,3)11-7-5-4-6-8-11/h4-9,14,17H,1-3H3. The Morgan fingerprint density at radius 3 is 2.33 bits per heavy atom. The van der Waals surface area contributed by atoms with Gasteiger partial charge in [0.15, 0.2) is 0 Å². The Kier molecular flexibility index (Phi) is 3.95. The largest absolute Gasteiger partial charge is 0.387 e. The number of thiophene rings is 1. The topological polar surface area (TPSA) is 20.2 Å². The van der Waals surface area contributed by atoms with Crippen LogP contribution in [0, 0.1) is 6.92 Å². The summed E-state index contributed by atoms with van der Waals surface area (Å²) in [6, 6.07) is 12.2. The Balaban J connectivity index is 2.35. The first-order chi connectivity index (χ1) is 8.43. The maximum Gasteiger partial charge on any atom is 0.0973 e. The van der Waals surface area contributed by atoms with Gasteiger partial charge in [-0.25, -0.2) is 0 Å². The van der Waals surface area contributed by atoms with Gasteiger partial charge in [-0.1, -0.05) is 44.2 Å². The summed E-state index contributed by atoms with van der Waals surface area (Å²) >= 11 is 5.15. The molecule has 2 aromatic rings. The predicted octanol–water partition coefficient (Wildman–Crippen LogP) is 4.83. The average molecular weight is 325 g/mol. The normalized spacial score (nSPS) is 13.6. The van der Waals surface area contributed by atoms with E-state index in [-0.39, 0.29) is 5.41 Å². The second kappa shape index (κ2) is 5.16. The summed E-state index contributed by atoms with van der Waals surface area (Å²) in [7, 11) is 0. The molecule has 1 aromatic carbocycles. The average Bonchev–Trinajstić information content (AvgIpc) is 2.69. The molecule has 18 heavy (non-hydrogen) atoms. The van der Waals surface area contributed by atoms with Crippen molar-refractivity contribution in [1.29, 1.82) is 0 Å². The number of halogens is 1. The summed E-state index contributed by atoms with van der Waals surface area (Å²) in [4.78, 5) is 2.21. The quantitative estimate of drug-likeness (QED) is 0.857. The van der Waals surface area contributed by atoms with Crippen molar-refractivity contribution in [2.24, 2.45) is 0 Å². The lowest BCUT2D eigenvalue weighted by Gasteiger charge is -2.30. The van der Waals surface area contributed by atoms with Gasteiger partial charge in [-0.2, -0.15) is 0 Å². The van der Waals surface area contributed by atoms with Crippen LogP contribution in [0.5, 0.6) is 0 Å². The highest BCUT2D eigenvalue weighted by Gasteiger charge is 2.32. The van der Waals surface area contributed by atoms with Gasteiger partial charge in [0.1, 0.15) is 0 Å². The van der Waals surface area contributed by atoms with E-state index in [0.717, 1.165) is 14.9 Å². The molecule has 0 fully saturated rings. The number of rotatable bonds is 3. The molecule has 1 N–H and O–H groups in total. The van der Waals surface area contributed by atoms with E-state index in [1.807, 2.05) is 24.3 Å². The molecule has 3 heteroatoms. The first-order valence-corrected chi connectivity index (χ1v) is 7.53. The van der Waals surface area contributed by atoms with Crippen molar-refractivity contribution < 1.29 is 5.11 Å². The SMILES string of the molecule is Cc1sc(C(O)C(C)(C)c2ccccc2)cc1Br. The fourth-order valence-electron chi connectivity index (χ4n) is 2.00. The van der Waals surface area contributed by atoms with Gasteiger partial charge in [-0.05, 0) is 34.5 Å². The maximum absolute atomic E-state index is 10.6. The molecule has 0 bridgehead atoms. The number of hydrogen-bond acceptors (Lipinski definition) is 2. The highest BCUT2D eigenvalue weighted by Crippen LogP contribution is 2.41. The Morgan fingerprint density at radius 1 is 1.22 bits per heavy atom. The van der Waals surface area contributed by atoms with Crippen molar-refractivity contribution >= 4 is 27.3 Å². The van der Waals surface area contributed by atoms with E-state index in [2.05, 4.69) is 48.8 Å². The Hall–Kier alpha value is -0.640. The minimum Gasteiger partial charge on any atom is -0.387 e. The molecule has 2 rings (SSSR count). The third kappa shape index (κ3) is 2.53. The molecule has 1 aromatic heterocycles. The van der Waals surface area contributed by atoms with Gasteiger partial charge in [0, 0.05) is 19.6 Å². The van der Waals surface area contributed by atoms with Gasteiger partial charge in [-0.3, -0.25) is 0 Å². The van der Waals surface area contributed by atoms with Crippen LogP contribution < -0.4 is 0 Å². The molecule has 1 heterocycles. The smallest absolute Gasteiger partial charge is 0.0973 e. The minimum absolute atomic E-state index is 0.294. The summed E-state index contributed by atoms with van der Waals surface area (Å²) in [6.07, 6.45) is -0.491. The predicted molar refractivity (Wildman–Crippen MR) is 81.2 cm³/mol. The van der Waals surface area contributed by atoms with Crippen molar-refractivity contribution in [3.8, 4) is 0 Å². The maximum atomic E-state index is 10.6. The van der Waals surface area contributed by atoms with Crippen LogP contribution in [-0.4, -0.2) is 5.11 Å². The molecule has 0 aliphatic carbocycles. The Bertz CT molecular complexity index is 511. The fourth-order valence-corrected chi connectivity index (χ4v) is 3.73. The van der Waals surface area contributed by atoms with Crippen LogP contribution in [-0.2, 0) is 5.41 Å². The van der Waals surface area contributed by atoms with Gasteiger partial charge < -0.3 is 5.11 Å². The van der Waals surface area contributed by atoms with Crippen molar-refractivity contribution in [2.75, 3.05) is 0 Å². The molecule has 1 unspecified atom stereocenters. The molecule has 0 saturated carbocycles. The second-order valence-electron chi connectivity index (χ2n) is 5.04. The number of benzene rings is 1. The molecule has 1 nitrogen and oxygen atoms in total. The van der Waals surface area contributed by atoms with Crippen LogP contribution in [0.2, 0.25) is 0 Å². The number of aryl methyl sites for hydroxylation is 1. The van der Waals surface area contributed by atoms with Gasteiger partial charge in [-0.15, -0.1) is 11.3 Å². The van der Waals surface area contributed by atoms with Crippen molar-refractivity contribution in [3.63, 3.8) is 0 Å². The van der Waals surface area contributed by atoms with E-state index in [0.29, 0.717) is 0 Å². The van der Waals surface area contributed by atoms with Crippen LogP contribution >= 0.6 is 27.3 Å². The summed E-state index contributed by atoms with van der Waals surface area (Å²) in [5.41, 5.74) is 0.859. The van der Waals surface area contributed by atoms with Gasteiger partial charge in [0.2, 0.25) is 0 Å². The van der Waals surface area contributed by atoms with E-state index >= 15 is 0 Å². The second-order valence-corrected chi connectivity index (χ2v) is 7.19. The summed E-state index contributed by atoms with van der Waals surface area (Å²) < 4.78 is 1.07. The molecule has 0 aliphatic heterocycles. The number of aliphatic hydroxyl groups is 1. The molecule has 0 amide bonds. The molecule has 0 aliphatic rings. The lowest BCUT2D eigenvalue weighted by molar-refractivity contribution is 0.104. The zero-order valence-electron chi connectivity index (χ0n) is 10.8. The van der Waals surface area contributed by atoms with Crippen LogP contribution in [0.15, 0.2) is 40.9 Å². The van der Waals surface area contributed by atoms with Crippen LogP contribution in [0.4, 0.5) is 0 Å². The lowest BCUT2D eigenvalue weighted by atomic mass is 9.79. The highest BCUT2D eigenvalue weighted by molar-refractivity contribution is 9.10. The molecule has 0 radical (unpaired) electrons. The lowest BCUT2D eigenvalue weighted by Crippen LogP contribution is -2.26.